The molecule has 0 radical (unpaired) electrons. The van der Waals surface area contributed by atoms with E-state index in [0.717, 1.165) is 23.0 Å². The number of aromatic nitrogens is 1. The van der Waals surface area contributed by atoms with Gasteiger partial charge in [0.05, 0.1) is 12.0 Å². The van der Waals surface area contributed by atoms with Crippen LogP contribution >= 0.6 is 11.3 Å². The topological polar surface area (TPSA) is 66.5 Å². The molecule has 7 heteroatoms. The van der Waals surface area contributed by atoms with Crippen LogP contribution < -0.4 is 20.3 Å². The van der Waals surface area contributed by atoms with Crippen molar-refractivity contribution in [1.82, 2.24) is 15.6 Å². The third-order valence-electron chi connectivity index (χ3n) is 2.61. The maximum Gasteiger partial charge on any atom is 0.230 e. The molecule has 1 amide bonds. The quantitative estimate of drug-likeness (QED) is 0.671. The molecule has 0 spiro atoms. The van der Waals surface area contributed by atoms with Gasteiger partial charge in [-0.05, 0) is 6.42 Å². The third-order valence-corrected chi connectivity index (χ3v) is 3.82. The fourth-order valence-electron chi connectivity index (χ4n) is 1.54. The highest BCUT2D eigenvalue weighted by atomic mass is 32.1. The van der Waals surface area contributed by atoms with Gasteiger partial charge in [0, 0.05) is 40.2 Å². The number of carbonyl (C=O) groups excluding carboxylic acids is 1. The van der Waals surface area contributed by atoms with Crippen LogP contribution in [0, 0.1) is 0 Å². The monoisotopic (exact) mass is 300 g/mol. The van der Waals surface area contributed by atoms with E-state index >= 15 is 0 Å². The molecule has 1 aromatic rings. The molecule has 0 saturated carbocycles. The van der Waals surface area contributed by atoms with Crippen molar-refractivity contribution in [2.75, 3.05) is 39.2 Å². The molecular formula is C13H24N4O2S. The minimum Gasteiger partial charge on any atom is -0.480 e. The van der Waals surface area contributed by atoms with Crippen LogP contribution in [-0.4, -0.2) is 45.2 Å². The first-order valence-corrected chi connectivity index (χ1v) is 7.58. The molecule has 0 aliphatic carbocycles. The van der Waals surface area contributed by atoms with Crippen molar-refractivity contribution in [2.45, 2.75) is 26.3 Å². The Morgan fingerprint density at radius 1 is 1.40 bits per heavy atom. The average Bonchev–Trinajstić information content (AvgIpc) is 2.84. The minimum absolute atomic E-state index is 0.0876. The lowest BCUT2D eigenvalue weighted by atomic mass is 10.3. The van der Waals surface area contributed by atoms with Gasteiger partial charge in [0.15, 0.2) is 5.13 Å². The first-order chi connectivity index (χ1) is 9.58. The minimum atomic E-state index is 0.0876. The van der Waals surface area contributed by atoms with Crippen molar-refractivity contribution in [3.63, 3.8) is 0 Å². The molecule has 1 rings (SSSR count). The first kappa shape index (κ1) is 16.7. The lowest BCUT2D eigenvalue weighted by molar-refractivity contribution is -0.120. The first-order valence-electron chi connectivity index (χ1n) is 6.76. The summed E-state index contributed by atoms with van der Waals surface area (Å²) in [6, 6.07) is 0. The predicted octanol–water partition coefficient (Wildman–Crippen LogP) is 1.22. The average molecular weight is 300 g/mol. The molecule has 20 heavy (non-hydrogen) atoms. The van der Waals surface area contributed by atoms with E-state index in [1.54, 1.807) is 18.4 Å². The zero-order valence-corrected chi connectivity index (χ0v) is 13.5. The summed E-state index contributed by atoms with van der Waals surface area (Å²) in [6.07, 6.45) is 1.45. The molecule has 6 nitrogen and oxygen atoms in total. The highest BCUT2D eigenvalue weighted by molar-refractivity contribution is 7.15. The summed E-state index contributed by atoms with van der Waals surface area (Å²) < 4.78 is 5.26. The summed E-state index contributed by atoms with van der Waals surface area (Å²) in [4.78, 5) is 18.8. The Hall–Kier alpha value is -1.34. The van der Waals surface area contributed by atoms with Crippen LogP contribution in [0.3, 0.4) is 0 Å². The van der Waals surface area contributed by atoms with Crippen molar-refractivity contribution >= 4 is 22.4 Å². The Bertz CT molecular complexity index is 421. The van der Waals surface area contributed by atoms with Crippen LogP contribution in [-0.2, 0) is 11.3 Å². The van der Waals surface area contributed by atoms with Crippen LogP contribution in [0.15, 0.2) is 0 Å². The highest BCUT2D eigenvalue weighted by Gasteiger charge is 2.12. The number of nitrogens with one attached hydrogen (secondary N) is 2. The van der Waals surface area contributed by atoms with Crippen molar-refractivity contribution in [3.05, 3.63) is 4.88 Å². The maximum absolute atomic E-state index is 11.4. The van der Waals surface area contributed by atoms with Gasteiger partial charge in [-0.1, -0.05) is 18.3 Å². The standard InChI is InChI=1S/C13H24N4O2S/c1-5-7-15-11(18)6-8-14-9-10-12(19-4)16-13(20-10)17(2)3/h14H,5-9H2,1-4H3,(H,15,18). The number of ether oxygens (including phenoxy) is 1. The van der Waals surface area contributed by atoms with Crippen molar-refractivity contribution in [1.29, 1.82) is 0 Å². The lowest BCUT2D eigenvalue weighted by Gasteiger charge is -2.05. The van der Waals surface area contributed by atoms with Crippen LogP contribution in [0.5, 0.6) is 5.88 Å². The zero-order valence-electron chi connectivity index (χ0n) is 12.7. The van der Waals surface area contributed by atoms with Gasteiger partial charge in [0.1, 0.15) is 0 Å². The summed E-state index contributed by atoms with van der Waals surface area (Å²) in [5, 5.41) is 7.02. The molecule has 0 bridgehead atoms. The van der Waals surface area contributed by atoms with Gasteiger partial charge in [0.25, 0.3) is 0 Å². The smallest absolute Gasteiger partial charge is 0.230 e. The molecular weight excluding hydrogens is 276 g/mol. The van der Waals surface area contributed by atoms with Crippen LogP contribution in [0.4, 0.5) is 5.13 Å². The maximum atomic E-state index is 11.4. The van der Waals surface area contributed by atoms with E-state index in [1.807, 2.05) is 25.9 Å². The van der Waals surface area contributed by atoms with Gasteiger partial charge in [0.2, 0.25) is 11.8 Å². The van der Waals surface area contributed by atoms with E-state index < -0.39 is 0 Å². The van der Waals surface area contributed by atoms with Crippen LogP contribution in [0.2, 0.25) is 0 Å². The molecule has 2 N–H and O–H groups in total. The van der Waals surface area contributed by atoms with E-state index in [4.69, 9.17) is 4.74 Å². The van der Waals surface area contributed by atoms with E-state index in [9.17, 15) is 4.79 Å². The molecule has 0 aliphatic rings. The number of amides is 1. The second-order valence-corrected chi connectivity index (χ2v) is 5.66. The van der Waals surface area contributed by atoms with Gasteiger partial charge in [-0.15, -0.1) is 0 Å². The van der Waals surface area contributed by atoms with Crippen molar-refractivity contribution in [3.8, 4) is 5.88 Å². The Morgan fingerprint density at radius 2 is 2.15 bits per heavy atom. The van der Waals surface area contributed by atoms with E-state index in [2.05, 4.69) is 15.6 Å². The van der Waals surface area contributed by atoms with Gasteiger partial charge >= 0.3 is 0 Å². The van der Waals surface area contributed by atoms with Gasteiger partial charge in [-0.25, -0.2) is 0 Å². The largest absolute Gasteiger partial charge is 0.480 e. The SMILES string of the molecule is CCCNC(=O)CCNCc1sc(N(C)C)nc1OC. The number of anilines is 1. The summed E-state index contributed by atoms with van der Waals surface area (Å²) in [7, 11) is 5.53. The molecule has 0 atom stereocenters. The summed E-state index contributed by atoms with van der Waals surface area (Å²) in [5.41, 5.74) is 0. The van der Waals surface area contributed by atoms with Gasteiger partial charge < -0.3 is 20.3 Å². The van der Waals surface area contributed by atoms with Crippen molar-refractivity contribution in [2.24, 2.45) is 0 Å². The summed E-state index contributed by atoms with van der Waals surface area (Å²) in [6.45, 7) is 4.09. The molecule has 0 unspecified atom stereocenters. The molecule has 0 aromatic carbocycles. The number of methoxy groups -OCH3 is 1. The highest BCUT2D eigenvalue weighted by Crippen LogP contribution is 2.29. The Balaban J connectivity index is 2.36. The fraction of sp³-hybridized carbons (Fsp3) is 0.692. The molecule has 1 heterocycles. The Morgan fingerprint density at radius 3 is 2.75 bits per heavy atom. The number of hydrogen-bond donors (Lipinski definition) is 2. The van der Waals surface area contributed by atoms with Gasteiger partial charge in [-0.2, -0.15) is 4.98 Å². The van der Waals surface area contributed by atoms with Crippen LogP contribution in [0.1, 0.15) is 24.6 Å². The fourth-order valence-corrected chi connectivity index (χ4v) is 2.47. The van der Waals surface area contributed by atoms with Gasteiger partial charge in [-0.3, -0.25) is 4.79 Å². The van der Waals surface area contributed by atoms with Crippen molar-refractivity contribution < 1.29 is 9.53 Å². The second-order valence-electron chi connectivity index (χ2n) is 4.60. The molecule has 0 fully saturated rings. The Kier molecular flexibility index (Phi) is 7.32. The second kappa shape index (κ2) is 8.76. The lowest BCUT2D eigenvalue weighted by Crippen LogP contribution is -2.27. The summed E-state index contributed by atoms with van der Waals surface area (Å²) in [5.74, 6) is 0.742. The summed E-state index contributed by atoms with van der Waals surface area (Å²) >= 11 is 1.59. The predicted molar refractivity (Wildman–Crippen MR) is 82.6 cm³/mol. The van der Waals surface area contributed by atoms with E-state index in [-0.39, 0.29) is 5.91 Å². The third kappa shape index (κ3) is 5.34. The molecule has 0 saturated heterocycles. The molecule has 114 valence electrons. The number of carbonyl (C=O) groups is 1. The van der Waals surface area contributed by atoms with E-state index in [1.165, 1.54) is 0 Å². The number of thiazole rings is 1. The van der Waals surface area contributed by atoms with Crippen LogP contribution in [0.25, 0.3) is 0 Å². The normalized spacial score (nSPS) is 10.4. The number of hydrogen-bond acceptors (Lipinski definition) is 6. The molecule has 1 aromatic heterocycles. The number of nitrogens with zero attached hydrogens (tertiary/aromatic N) is 2. The number of rotatable bonds is 9. The Labute approximate surface area is 124 Å². The van der Waals surface area contributed by atoms with E-state index in [0.29, 0.717) is 25.4 Å². The zero-order chi connectivity index (χ0) is 15.0. The molecule has 0 aliphatic heterocycles.